The molecule has 0 aromatic heterocycles. The summed E-state index contributed by atoms with van der Waals surface area (Å²) >= 11 is 0. The maximum Gasteiger partial charge on any atom is -0.0194 e. The van der Waals surface area contributed by atoms with E-state index in [2.05, 4.69) is 32.1 Å². The Bertz CT molecular complexity index is 174. The van der Waals surface area contributed by atoms with Gasteiger partial charge in [0.1, 0.15) is 0 Å². The third-order valence-corrected chi connectivity index (χ3v) is 2.64. The summed E-state index contributed by atoms with van der Waals surface area (Å²) in [4.78, 5) is 0. The van der Waals surface area contributed by atoms with Gasteiger partial charge in [-0.15, -0.1) is 0 Å². The molecule has 0 nitrogen and oxygen atoms in total. The van der Waals surface area contributed by atoms with Crippen molar-refractivity contribution in [3.8, 4) is 0 Å². The molecule has 1 atom stereocenters. The molecule has 0 saturated heterocycles. The van der Waals surface area contributed by atoms with Crippen LogP contribution in [-0.4, -0.2) is 0 Å². The highest BCUT2D eigenvalue weighted by Crippen LogP contribution is 2.24. The SMILES string of the molecule is CCCCCC1=CC=CCC1C. The number of hydrogen-bond donors (Lipinski definition) is 0. The first-order chi connectivity index (χ1) is 5.84. The maximum atomic E-state index is 2.33. The highest BCUT2D eigenvalue weighted by molar-refractivity contribution is 5.20. The smallest absolute Gasteiger partial charge is 0.0194 e. The molecule has 1 aliphatic rings. The van der Waals surface area contributed by atoms with Gasteiger partial charge in [-0.05, 0) is 25.2 Å². The molecule has 0 aliphatic heterocycles. The Balaban J connectivity index is 2.29. The lowest BCUT2D eigenvalue weighted by atomic mass is 9.90. The quantitative estimate of drug-likeness (QED) is 0.549. The first-order valence-corrected chi connectivity index (χ1v) is 5.20. The minimum Gasteiger partial charge on any atom is -0.0840 e. The lowest BCUT2D eigenvalue weighted by Crippen LogP contribution is -2.01. The summed E-state index contributed by atoms with van der Waals surface area (Å²) in [5.41, 5.74) is 1.66. The number of hydrogen-bond acceptors (Lipinski definition) is 0. The van der Waals surface area contributed by atoms with Gasteiger partial charge in [-0.25, -0.2) is 0 Å². The average molecular weight is 164 g/mol. The van der Waals surface area contributed by atoms with Crippen LogP contribution in [0.5, 0.6) is 0 Å². The van der Waals surface area contributed by atoms with E-state index in [0.29, 0.717) is 0 Å². The molecular weight excluding hydrogens is 144 g/mol. The first-order valence-electron chi connectivity index (χ1n) is 5.20. The number of allylic oxidation sites excluding steroid dienone is 4. The fourth-order valence-electron chi connectivity index (χ4n) is 1.70. The minimum atomic E-state index is 0.798. The summed E-state index contributed by atoms with van der Waals surface area (Å²) in [6.45, 7) is 4.60. The summed E-state index contributed by atoms with van der Waals surface area (Å²) < 4.78 is 0. The summed E-state index contributed by atoms with van der Waals surface area (Å²) in [6, 6.07) is 0. The van der Waals surface area contributed by atoms with Crippen molar-refractivity contribution in [2.75, 3.05) is 0 Å². The zero-order chi connectivity index (χ0) is 8.81. The van der Waals surface area contributed by atoms with Crippen LogP contribution in [0, 0.1) is 5.92 Å². The molecule has 0 heterocycles. The average Bonchev–Trinajstić information content (AvgIpc) is 2.09. The molecule has 0 N–H and O–H groups in total. The van der Waals surface area contributed by atoms with E-state index in [1.165, 1.54) is 32.1 Å². The van der Waals surface area contributed by atoms with Crippen LogP contribution in [0.4, 0.5) is 0 Å². The molecule has 1 unspecified atom stereocenters. The molecule has 0 fully saturated rings. The van der Waals surface area contributed by atoms with Crippen molar-refractivity contribution >= 4 is 0 Å². The molecule has 1 aliphatic carbocycles. The Morgan fingerprint density at radius 3 is 2.92 bits per heavy atom. The normalized spacial score (nSPS) is 22.5. The first kappa shape index (κ1) is 9.57. The molecule has 0 aromatic carbocycles. The van der Waals surface area contributed by atoms with Crippen molar-refractivity contribution in [3.05, 3.63) is 23.8 Å². The van der Waals surface area contributed by atoms with Gasteiger partial charge in [0.05, 0.1) is 0 Å². The summed E-state index contributed by atoms with van der Waals surface area (Å²) in [5, 5.41) is 0. The molecule has 0 aromatic rings. The van der Waals surface area contributed by atoms with E-state index in [1.54, 1.807) is 5.57 Å². The van der Waals surface area contributed by atoms with Crippen LogP contribution in [0.3, 0.4) is 0 Å². The van der Waals surface area contributed by atoms with Gasteiger partial charge in [-0.3, -0.25) is 0 Å². The molecule has 0 saturated carbocycles. The van der Waals surface area contributed by atoms with Crippen LogP contribution in [0.25, 0.3) is 0 Å². The van der Waals surface area contributed by atoms with Crippen LogP contribution < -0.4 is 0 Å². The maximum absolute atomic E-state index is 2.33. The second kappa shape index (κ2) is 5.18. The van der Waals surface area contributed by atoms with E-state index >= 15 is 0 Å². The highest BCUT2D eigenvalue weighted by Gasteiger charge is 2.08. The fourth-order valence-corrected chi connectivity index (χ4v) is 1.70. The molecule has 0 radical (unpaired) electrons. The van der Waals surface area contributed by atoms with Gasteiger partial charge in [0.15, 0.2) is 0 Å². The number of rotatable bonds is 4. The lowest BCUT2D eigenvalue weighted by molar-refractivity contribution is 0.612. The van der Waals surface area contributed by atoms with E-state index in [-0.39, 0.29) is 0 Å². The summed E-state index contributed by atoms with van der Waals surface area (Å²) in [6.07, 6.45) is 13.4. The predicted molar refractivity (Wildman–Crippen MR) is 55.1 cm³/mol. The van der Waals surface area contributed by atoms with Gasteiger partial charge in [0.25, 0.3) is 0 Å². The van der Waals surface area contributed by atoms with Crippen molar-refractivity contribution in [1.82, 2.24) is 0 Å². The van der Waals surface area contributed by atoms with Gasteiger partial charge in [0.2, 0.25) is 0 Å². The van der Waals surface area contributed by atoms with Crippen LogP contribution in [0.15, 0.2) is 23.8 Å². The monoisotopic (exact) mass is 164 g/mol. The summed E-state index contributed by atoms with van der Waals surface area (Å²) in [5.74, 6) is 0.798. The Hall–Kier alpha value is -0.520. The van der Waals surface area contributed by atoms with Crippen LogP contribution >= 0.6 is 0 Å². The molecule has 0 heteroatoms. The molecule has 0 bridgehead atoms. The number of unbranched alkanes of at least 4 members (excludes halogenated alkanes) is 2. The van der Waals surface area contributed by atoms with Crippen molar-refractivity contribution in [2.24, 2.45) is 5.92 Å². The third kappa shape index (κ3) is 2.84. The van der Waals surface area contributed by atoms with E-state index in [1.807, 2.05) is 0 Å². The van der Waals surface area contributed by atoms with Crippen LogP contribution in [0.1, 0.15) is 46.0 Å². The predicted octanol–water partition coefficient (Wildman–Crippen LogP) is 4.09. The molecule has 12 heavy (non-hydrogen) atoms. The van der Waals surface area contributed by atoms with Gasteiger partial charge in [-0.2, -0.15) is 0 Å². The fraction of sp³-hybridized carbons (Fsp3) is 0.667. The Morgan fingerprint density at radius 1 is 1.42 bits per heavy atom. The van der Waals surface area contributed by atoms with Crippen LogP contribution in [-0.2, 0) is 0 Å². The lowest BCUT2D eigenvalue weighted by Gasteiger charge is -2.16. The van der Waals surface area contributed by atoms with Crippen LogP contribution in [0.2, 0.25) is 0 Å². The topological polar surface area (TPSA) is 0 Å². The molecule has 0 amide bonds. The zero-order valence-electron chi connectivity index (χ0n) is 8.34. The zero-order valence-corrected chi connectivity index (χ0v) is 8.34. The molecule has 68 valence electrons. The van der Waals surface area contributed by atoms with E-state index in [4.69, 9.17) is 0 Å². The van der Waals surface area contributed by atoms with E-state index in [0.717, 1.165) is 5.92 Å². The third-order valence-electron chi connectivity index (χ3n) is 2.64. The van der Waals surface area contributed by atoms with E-state index in [9.17, 15) is 0 Å². The van der Waals surface area contributed by atoms with Crippen molar-refractivity contribution < 1.29 is 0 Å². The minimum absolute atomic E-state index is 0.798. The van der Waals surface area contributed by atoms with Crippen molar-refractivity contribution in [2.45, 2.75) is 46.0 Å². The second-order valence-corrected chi connectivity index (χ2v) is 3.76. The Kier molecular flexibility index (Phi) is 4.13. The standard InChI is InChI=1S/C12H20/c1-3-4-5-9-12-10-7-6-8-11(12)2/h6-7,10-11H,3-5,8-9H2,1-2H3. The highest BCUT2D eigenvalue weighted by atomic mass is 14.1. The Morgan fingerprint density at radius 2 is 2.25 bits per heavy atom. The van der Waals surface area contributed by atoms with Crippen molar-refractivity contribution in [1.29, 1.82) is 0 Å². The van der Waals surface area contributed by atoms with Crippen molar-refractivity contribution in [3.63, 3.8) is 0 Å². The Labute approximate surface area is 76.4 Å². The van der Waals surface area contributed by atoms with E-state index < -0.39 is 0 Å². The van der Waals surface area contributed by atoms with Gasteiger partial charge in [-0.1, -0.05) is 50.5 Å². The van der Waals surface area contributed by atoms with Gasteiger partial charge < -0.3 is 0 Å². The molecule has 0 spiro atoms. The molecule has 1 rings (SSSR count). The van der Waals surface area contributed by atoms with Gasteiger partial charge >= 0.3 is 0 Å². The second-order valence-electron chi connectivity index (χ2n) is 3.76. The molecular formula is C12H20. The largest absolute Gasteiger partial charge is 0.0840 e. The van der Waals surface area contributed by atoms with Gasteiger partial charge in [0, 0.05) is 0 Å². The summed E-state index contributed by atoms with van der Waals surface area (Å²) in [7, 11) is 0.